The van der Waals surface area contributed by atoms with Crippen LogP contribution in [0.2, 0.25) is 0 Å². The van der Waals surface area contributed by atoms with Crippen molar-refractivity contribution in [3.63, 3.8) is 0 Å². The lowest BCUT2D eigenvalue weighted by molar-refractivity contribution is -0.00359. The summed E-state index contributed by atoms with van der Waals surface area (Å²) in [6, 6.07) is 5.38. The molecule has 6 heteroatoms. The molecule has 1 aliphatic rings. The molecule has 0 spiro atoms. The van der Waals surface area contributed by atoms with Gasteiger partial charge in [0.1, 0.15) is 0 Å². The second-order valence-corrected chi connectivity index (χ2v) is 6.15. The standard InChI is InChI=1S/C12H10F3O2S/c1-18(16,17)10-4-2-8(3-5-10)9-6-11(13)12(14,15)7-9/h2-7,11H,1H3. The molecule has 0 saturated heterocycles. The molecule has 0 heterocycles. The van der Waals surface area contributed by atoms with Crippen LogP contribution in [0.4, 0.5) is 13.2 Å². The Kier molecular flexibility index (Phi) is 3.01. The van der Waals surface area contributed by atoms with Crippen LogP contribution < -0.4 is 0 Å². The molecule has 0 bridgehead atoms. The fourth-order valence-electron chi connectivity index (χ4n) is 1.68. The molecule has 18 heavy (non-hydrogen) atoms. The molecule has 1 atom stereocenters. The minimum Gasteiger partial charge on any atom is -0.240 e. The molecule has 0 aromatic heterocycles. The summed E-state index contributed by atoms with van der Waals surface area (Å²) in [6.45, 7) is 0. The van der Waals surface area contributed by atoms with Crippen LogP contribution in [0.1, 0.15) is 5.56 Å². The van der Waals surface area contributed by atoms with Gasteiger partial charge < -0.3 is 0 Å². The van der Waals surface area contributed by atoms with E-state index in [2.05, 4.69) is 0 Å². The number of benzene rings is 1. The summed E-state index contributed by atoms with van der Waals surface area (Å²) in [6.07, 6.45) is 0.0965. The first-order valence-corrected chi connectivity index (χ1v) is 6.99. The Hall–Kier alpha value is -1.30. The van der Waals surface area contributed by atoms with Crippen molar-refractivity contribution < 1.29 is 21.6 Å². The van der Waals surface area contributed by atoms with E-state index in [1.54, 1.807) is 0 Å². The van der Waals surface area contributed by atoms with Gasteiger partial charge in [-0.1, -0.05) is 12.1 Å². The van der Waals surface area contributed by atoms with Crippen LogP contribution in [0.5, 0.6) is 0 Å². The van der Waals surface area contributed by atoms with E-state index in [1.165, 1.54) is 24.3 Å². The largest absolute Gasteiger partial charge is 0.298 e. The van der Waals surface area contributed by atoms with Gasteiger partial charge in [0.05, 0.1) is 4.90 Å². The number of halogens is 3. The quantitative estimate of drug-likeness (QED) is 0.831. The van der Waals surface area contributed by atoms with Gasteiger partial charge in [-0.3, -0.25) is 0 Å². The van der Waals surface area contributed by atoms with E-state index in [1.807, 2.05) is 0 Å². The second-order valence-electron chi connectivity index (χ2n) is 4.14. The second kappa shape index (κ2) is 4.12. The van der Waals surface area contributed by atoms with E-state index in [0.29, 0.717) is 11.6 Å². The Morgan fingerprint density at radius 1 is 1.17 bits per heavy atom. The SMILES string of the molecule is CS(=O)(=O)c1ccc(C2=CC(F)(F)C(F)[CH]2)cc1. The molecule has 0 amide bonds. The molecule has 1 aromatic carbocycles. The maximum absolute atomic E-state index is 13.0. The van der Waals surface area contributed by atoms with E-state index in [-0.39, 0.29) is 10.5 Å². The van der Waals surface area contributed by atoms with E-state index < -0.39 is 21.9 Å². The smallest absolute Gasteiger partial charge is 0.240 e. The predicted molar refractivity (Wildman–Crippen MR) is 61.7 cm³/mol. The first-order chi connectivity index (χ1) is 8.20. The number of allylic oxidation sites excluding steroid dienone is 2. The highest BCUT2D eigenvalue weighted by Gasteiger charge is 2.44. The Labute approximate surface area is 103 Å². The molecular formula is C12H10F3O2S. The minimum absolute atomic E-state index is 0.0764. The predicted octanol–water partition coefficient (Wildman–Crippen LogP) is 2.66. The molecule has 97 valence electrons. The fraction of sp³-hybridized carbons (Fsp3) is 0.250. The lowest BCUT2D eigenvalue weighted by atomic mass is 10.1. The zero-order chi connectivity index (χ0) is 13.6. The van der Waals surface area contributed by atoms with Gasteiger partial charge in [-0.25, -0.2) is 12.8 Å². The average molecular weight is 275 g/mol. The number of alkyl halides is 3. The van der Waals surface area contributed by atoms with Crippen LogP contribution in [0, 0.1) is 6.42 Å². The molecule has 0 saturated carbocycles. The van der Waals surface area contributed by atoms with Gasteiger partial charge >= 0.3 is 0 Å². The molecular weight excluding hydrogens is 265 g/mol. The molecule has 1 aromatic rings. The van der Waals surface area contributed by atoms with Crippen LogP contribution in [0.25, 0.3) is 5.57 Å². The van der Waals surface area contributed by atoms with Crippen molar-refractivity contribution in [2.24, 2.45) is 0 Å². The van der Waals surface area contributed by atoms with Crippen molar-refractivity contribution in [1.82, 2.24) is 0 Å². The van der Waals surface area contributed by atoms with Crippen molar-refractivity contribution >= 4 is 15.4 Å². The summed E-state index contributed by atoms with van der Waals surface area (Å²) in [5.41, 5.74) is 0.440. The molecule has 1 aliphatic carbocycles. The summed E-state index contributed by atoms with van der Waals surface area (Å²) in [5, 5.41) is 0. The topological polar surface area (TPSA) is 34.1 Å². The maximum Gasteiger partial charge on any atom is 0.298 e. The third kappa shape index (κ3) is 2.43. The molecule has 2 rings (SSSR count). The summed E-state index contributed by atoms with van der Waals surface area (Å²) in [4.78, 5) is 0.0911. The van der Waals surface area contributed by atoms with Crippen molar-refractivity contribution in [1.29, 1.82) is 0 Å². The summed E-state index contributed by atoms with van der Waals surface area (Å²) in [5.74, 6) is -3.50. The molecule has 0 aliphatic heterocycles. The Balaban J connectivity index is 2.33. The summed E-state index contributed by atoms with van der Waals surface area (Å²) < 4.78 is 61.3. The van der Waals surface area contributed by atoms with Gasteiger partial charge in [0.25, 0.3) is 5.92 Å². The average Bonchev–Trinajstić information content (AvgIpc) is 2.53. The van der Waals surface area contributed by atoms with Gasteiger partial charge in [-0.15, -0.1) is 0 Å². The van der Waals surface area contributed by atoms with Crippen molar-refractivity contribution in [2.75, 3.05) is 6.26 Å². The van der Waals surface area contributed by atoms with E-state index in [0.717, 1.165) is 12.7 Å². The van der Waals surface area contributed by atoms with Gasteiger partial charge in [-0.2, -0.15) is 8.78 Å². The Morgan fingerprint density at radius 2 is 1.72 bits per heavy atom. The van der Waals surface area contributed by atoms with Crippen LogP contribution in [0.15, 0.2) is 35.2 Å². The van der Waals surface area contributed by atoms with Crippen molar-refractivity contribution in [3.05, 3.63) is 42.3 Å². The molecule has 0 N–H and O–H groups in total. The maximum atomic E-state index is 13.0. The number of sulfone groups is 1. The summed E-state index contributed by atoms with van der Waals surface area (Å²) >= 11 is 0. The zero-order valence-electron chi connectivity index (χ0n) is 9.40. The van der Waals surface area contributed by atoms with E-state index >= 15 is 0 Å². The Bertz CT molecular complexity index is 588. The van der Waals surface area contributed by atoms with E-state index in [9.17, 15) is 21.6 Å². The van der Waals surface area contributed by atoms with Crippen LogP contribution in [-0.4, -0.2) is 26.8 Å². The molecule has 2 nitrogen and oxygen atoms in total. The zero-order valence-corrected chi connectivity index (χ0v) is 10.2. The number of hydrogen-bond donors (Lipinski definition) is 0. The minimum atomic E-state index is -3.50. The highest BCUT2D eigenvalue weighted by molar-refractivity contribution is 7.90. The van der Waals surface area contributed by atoms with Gasteiger partial charge in [0.15, 0.2) is 16.0 Å². The Morgan fingerprint density at radius 3 is 2.11 bits per heavy atom. The number of rotatable bonds is 2. The first-order valence-electron chi connectivity index (χ1n) is 5.10. The van der Waals surface area contributed by atoms with Gasteiger partial charge in [0, 0.05) is 12.7 Å². The lowest BCUT2D eigenvalue weighted by Crippen LogP contribution is -2.22. The van der Waals surface area contributed by atoms with E-state index in [4.69, 9.17) is 0 Å². The van der Waals surface area contributed by atoms with Crippen LogP contribution in [-0.2, 0) is 9.84 Å². The lowest BCUT2D eigenvalue weighted by Gasteiger charge is -2.07. The molecule has 1 unspecified atom stereocenters. The van der Waals surface area contributed by atoms with Gasteiger partial charge in [-0.05, 0) is 29.3 Å². The molecule has 0 fully saturated rings. The van der Waals surface area contributed by atoms with Crippen molar-refractivity contribution in [3.8, 4) is 0 Å². The fourth-order valence-corrected chi connectivity index (χ4v) is 2.31. The molecule has 1 radical (unpaired) electrons. The number of hydrogen-bond acceptors (Lipinski definition) is 2. The normalized spacial score (nSPS) is 22.9. The highest BCUT2D eigenvalue weighted by Crippen LogP contribution is 2.39. The first kappa shape index (κ1) is 13.1. The van der Waals surface area contributed by atoms with Crippen LogP contribution >= 0.6 is 0 Å². The third-order valence-corrected chi connectivity index (χ3v) is 3.79. The third-order valence-electron chi connectivity index (χ3n) is 2.66. The van der Waals surface area contributed by atoms with Crippen LogP contribution in [0.3, 0.4) is 0 Å². The monoisotopic (exact) mass is 275 g/mol. The highest BCUT2D eigenvalue weighted by atomic mass is 32.2. The van der Waals surface area contributed by atoms with Crippen molar-refractivity contribution in [2.45, 2.75) is 17.0 Å². The summed E-state index contributed by atoms with van der Waals surface area (Å²) in [7, 11) is -3.33. The van der Waals surface area contributed by atoms with Gasteiger partial charge in [0.2, 0.25) is 0 Å².